The lowest BCUT2D eigenvalue weighted by molar-refractivity contribution is 0.0940. The van der Waals surface area contributed by atoms with Crippen LogP contribution >= 0.6 is 0 Å². The Hall–Kier alpha value is -3.48. The Balaban J connectivity index is 1.61. The lowest BCUT2D eigenvalue weighted by atomic mass is 10.1. The molecule has 0 radical (unpaired) electrons. The molecule has 0 saturated heterocycles. The van der Waals surface area contributed by atoms with E-state index in [-0.39, 0.29) is 11.9 Å². The molecule has 3 heterocycles. The number of aromatic nitrogens is 5. The maximum absolute atomic E-state index is 13.0. The van der Waals surface area contributed by atoms with E-state index < -0.39 is 0 Å². The number of carbonyl (C=O) groups is 1. The summed E-state index contributed by atoms with van der Waals surface area (Å²) < 4.78 is 1.70. The van der Waals surface area contributed by atoms with Crippen molar-refractivity contribution in [2.75, 3.05) is 0 Å². The summed E-state index contributed by atoms with van der Waals surface area (Å²) >= 11 is 0. The first-order valence-electron chi connectivity index (χ1n) is 9.16. The first-order chi connectivity index (χ1) is 13.4. The van der Waals surface area contributed by atoms with Crippen LogP contribution in [0, 0.1) is 13.8 Å². The van der Waals surface area contributed by atoms with Gasteiger partial charge in [0.2, 0.25) is 0 Å². The molecule has 4 rings (SSSR count). The number of H-pyrrole nitrogens is 1. The normalized spacial score (nSPS) is 12.3. The molecule has 0 aliphatic heterocycles. The summed E-state index contributed by atoms with van der Waals surface area (Å²) in [6.07, 6.45) is 1.79. The monoisotopic (exact) mass is 374 g/mol. The predicted octanol–water partition coefficient (Wildman–Crippen LogP) is 3.47. The maximum atomic E-state index is 13.0. The molecule has 1 amide bonds. The molecule has 1 atom stereocenters. The van der Waals surface area contributed by atoms with Gasteiger partial charge in [0.1, 0.15) is 5.82 Å². The second-order valence-corrected chi connectivity index (χ2v) is 6.96. The molecule has 0 unspecified atom stereocenters. The minimum absolute atomic E-state index is 0.170. The quantitative estimate of drug-likeness (QED) is 0.572. The molecule has 0 bridgehead atoms. The highest BCUT2D eigenvalue weighted by molar-refractivity contribution is 6.06. The molecule has 2 N–H and O–H groups in total. The highest BCUT2D eigenvalue weighted by Gasteiger charge is 2.20. The fourth-order valence-electron chi connectivity index (χ4n) is 3.41. The number of hydrogen-bond acceptors (Lipinski definition) is 4. The molecule has 0 saturated carbocycles. The Bertz CT molecular complexity index is 1160. The van der Waals surface area contributed by atoms with Gasteiger partial charge in [0, 0.05) is 12.7 Å². The molecular formula is C21H22N6O. The number of nitrogens with one attached hydrogen (secondary N) is 2. The second-order valence-electron chi connectivity index (χ2n) is 6.96. The average Bonchev–Trinajstić information content (AvgIpc) is 3.27. The van der Waals surface area contributed by atoms with Crippen LogP contribution in [-0.4, -0.2) is 30.6 Å². The molecule has 0 spiro atoms. The van der Waals surface area contributed by atoms with Crippen molar-refractivity contribution in [3.05, 3.63) is 65.4 Å². The smallest absolute Gasteiger partial charge is 0.252 e. The number of aromatic amines is 1. The van der Waals surface area contributed by atoms with Crippen molar-refractivity contribution in [2.24, 2.45) is 7.05 Å². The zero-order valence-electron chi connectivity index (χ0n) is 16.3. The molecular weight excluding hydrogens is 352 g/mol. The predicted molar refractivity (Wildman–Crippen MR) is 108 cm³/mol. The molecule has 7 heteroatoms. The van der Waals surface area contributed by atoms with Gasteiger partial charge in [-0.2, -0.15) is 5.10 Å². The van der Waals surface area contributed by atoms with Crippen molar-refractivity contribution in [3.63, 3.8) is 0 Å². The van der Waals surface area contributed by atoms with E-state index >= 15 is 0 Å². The van der Waals surface area contributed by atoms with Crippen LogP contribution in [0.3, 0.4) is 0 Å². The number of rotatable bonds is 4. The Kier molecular flexibility index (Phi) is 4.43. The largest absolute Gasteiger partial charge is 0.342 e. The third-order valence-electron chi connectivity index (χ3n) is 4.78. The fourth-order valence-corrected chi connectivity index (χ4v) is 3.41. The van der Waals surface area contributed by atoms with Gasteiger partial charge in [-0.25, -0.2) is 9.97 Å². The minimum atomic E-state index is -0.273. The number of carbonyl (C=O) groups excluding carboxylic acids is 1. The fraction of sp³-hybridized carbons (Fsp3) is 0.238. The van der Waals surface area contributed by atoms with E-state index in [2.05, 4.69) is 25.4 Å². The van der Waals surface area contributed by atoms with Crippen LogP contribution in [0.5, 0.6) is 0 Å². The molecule has 3 aromatic heterocycles. The summed E-state index contributed by atoms with van der Waals surface area (Å²) in [7, 11) is 1.83. The Morgan fingerprint density at radius 2 is 1.96 bits per heavy atom. The Morgan fingerprint density at radius 3 is 2.71 bits per heavy atom. The first kappa shape index (κ1) is 17.9. The SMILES string of the molecule is Cc1cc(C(=O)N[C@H](C)c2ncc(-c3ccccc3)[nH]2)c2c(C)nn(C)c2n1. The number of amides is 1. The molecule has 0 fully saturated rings. The van der Waals surface area contributed by atoms with Gasteiger partial charge in [-0.1, -0.05) is 30.3 Å². The van der Waals surface area contributed by atoms with Gasteiger partial charge in [0.15, 0.2) is 5.65 Å². The van der Waals surface area contributed by atoms with Crippen molar-refractivity contribution in [3.8, 4) is 11.3 Å². The maximum Gasteiger partial charge on any atom is 0.252 e. The first-order valence-corrected chi connectivity index (χ1v) is 9.16. The molecule has 4 aromatic rings. The van der Waals surface area contributed by atoms with Gasteiger partial charge >= 0.3 is 0 Å². The van der Waals surface area contributed by atoms with E-state index in [1.54, 1.807) is 16.9 Å². The zero-order chi connectivity index (χ0) is 19.8. The molecule has 7 nitrogen and oxygen atoms in total. The van der Waals surface area contributed by atoms with Crippen LogP contribution in [0.15, 0.2) is 42.6 Å². The van der Waals surface area contributed by atoms with E-state index in [1.807, 2.05) is 58.2 Å². The number of pyridine rings is 1. The third-order valence-corrected chi connectivity index (χ3v) is 4.78. The summed E-state index contributed by atoms with van der Waals surface area (Å²) in [6.45, 7) is 5.67. The summed E-state index contributed by atoms with van der Waals surface area (Å²) in [4.78, 5) is 25.3. The number of imidazole rings is 1. The van der Waals surface area contributed by atoms with Crippen LogP contribution in [0.25, 0.3) is 22.3 Å². The molecule has 0 aliphatic rings. The van der Waals surface area contributed by atoms with Gasteiger partial charge in [-0.15, -0.1) is 0 Å². The van der Waals surface area contributed by atoms with E-state index in [4.69, 9.17) is 0 Å². The third kappa shape index (κ3) is 3.15. The van der Waals surface area contributed by atoms with Crippen LogP contribution < -0.4 is 5.32 Å². The number of nitrogens with zero attached hydrogens (tertiary/aromatic N) is 4. The minimum Gasteiger partial charge on any atom is -0.342 e. The molecule has 28 heavy (non-hydrogen) atoms. The number of benzene rings is 1. The zero-order valence-corrected chi connectivity index (χ0v) is 16.3. The average molecular weight is 374 g/mol. The van der Waals surface area contributed by atoms with Crippen molar-refractivity contribution in [1.82, 2.24) is 30.0 Å². The molecule has 0 aliphatic carbocycles. The van der Waals surface area contributed by atoms with Crippen molar-refractivity contribution >= 4 is 16.9 Å². The summed E-state index contributed by atoms with van der Waals surface area (Å²) in [5.74, 6) is 0.536. The van der Waals surface area contributed by atoms with Gasteiger partial charge in [-0.05, 0) is 32.4 Å². The molecule has 142 valence electrons. The van der Waals surface area contributed by atoms with Gasteiger partial charge in [0.25, 0.3) is 5.91 Å². The lowest BCUT2D eigenvalue weighted by Crippen LogP contribution is -2.27. The standard InChI is InChI=1S/C21H22N6O/c1-12-10-16(18-13(2)26-27(4)20(18)23-12)21(28)24-14(3)19-22-11-17(25-19)15-8-6-5-7-9-15/h5-11,14H,1-4H3,(H,22,25)(H,24,28)/t14-/m1/s1. The topological polar surface area (TPSA) is 88.5 Å². The van der Waals surface area contributed by atoms with Crippen LogP contribution in [0.2, 0.25) is 0 Å². The summed E-state index contributed by atoms with van der Waals surface area (Å²) in [5, 5.41) is 8.22. The second kappa shape index (κ2) is 6.92. The van der Waals surface area contributed by atoms with Crippen molar-refractivity contribution in [2.45, 2.75) is 26.8 Å². The van der Waals surface area contributed by atoms with Crippen LogP contribution in [-0.2, 0) is 7.05 Å². The van der Waals surface area contributed by atoms with Crippen molar-refractivity contribution < 1.29 is 4.79 Å². The van der Waals surface area contributed by atoms with Crippen LogP contribution in [0.1, 0.15) is 40.5 Å². The lowest BCUT2D eigenvalue weighted by Gasteiger charge is -2.13. The number of fused-ring (bicyclic) bond motifs is 1. The Labute approximate surface area is 162 Å². The van der Waals surface area contributed by atoms with E-state index in [9.17, 15) is 4.79 Å². The van der Waals surface area contributed by atoms with Gasteiger partial charge < -0.3 is 10.3 Å². The van der Waals surface area contributed by atoms with Gasteiger partial charge in [0.05, 0.1) is 34.6 Å². The molecule has 1 aromatic carbocycles. The van der Waals surface area contributed by atoms with E-state index in [0.29, 0.717) is 17.0 Å². The van der Waals surface area contributed by atoms with Crippen LogP contribution in [0.4, 0.5) is 0 Å². The Morgan fingerprint density at radius 1 is 1.21 bits per heavy atom. The summed E-state index contributed by atoms with van der Waals surface area (Å²) in [5.41, 5.74) is 4.82. The highest BCUT2D eigenvalue weighted by atomic mass is 16.1. The van der Waals surface area contributed by atoms with Gasteiger partial charge in [-0.3, -0.25) is 9.48 Å². The highest BCUT2D eigenvalue weighted by Crippen LogP contribution is 2.23. The summed E-state index contributed by atoms with van der Waals surface area (Å²) in [6, 6.07) is 11.5. The van der Waals surface area contributed by atoms with E-state index in [0.717, 1.165) is 28.0 Å². The number of aryl methyl sites for hydroxylation is 3. The number of hydrogen-bond donors (Lipinski definition) is 2. The van der Waals surface area contributed by atoms with E-state index in [1.165, 1.54) is 0 Å². The van der Waals surface area contributed by atoms with Crippen molar-refractivity contribution in [1.29, 1.82) is 0 Å².